The van der Waals surface area contributed by atoms with E-state index in [4.69, 9.17) is 9.47 Å². The second-order valence-electron chi connectivity index (χ2n) is 6.62. The third kappa shape index (κ3) is 4.78. The zero-order valence-corrected chi connectivity index (χ0v) is 14.9. The van der Waals surface area contributed by atoms with Crippen LogP contribution in [0.4, 0.5) is 0 Å². The van der Waals surface area contributed by atoms with E-state index in [9.17, 15) is 4.79 Å². The highest BCUT2D eigenvalue weighted by atomic mass is 16.7. The molecule has 1 aliphatic heterocycles. The second kappa shape index (κ2) is 8.09. The number of carbonyl (C=O) groups is 1. The van der Waals surface area contributed by atoms with E-state index in [1.807, 2.05) is 18.2 Å². The Balaban J connectivity index is 1.64. The molecule has 1 aromatic carbocycles. The van der Waals surface area contributed by atoms with Gasteiger partial charge >= 0.3 is 0 Å². The van der Waals surface area contributed by atoms with Crippen molar-refractivity contribution in [2.75, 3.05) is 27.4 Å². The van der Waals surface area contributed by atoms with Crippen LogP contribution in [0.2, 0.25) is 0 Å². The Labute approximate surface area is 148 Å². The fourth-order valence-corrected chi connectivity index (χ4v) is 2.94. The van der Waals surface area contributed by atoms with Crippen LogP contribution in [-0.4, -0.2) is 50.2 Å². The molecule has 0 spiro atoms. The number of nitrogens with zero attached hydrogens (tertiary/aromatic N) is 2. The molecule has 2 aliphatic rings. The molecule has 1 aliphatic carbocycles. The number of aliphatic imine (C=N–C) groups is 1. The summed E-state index contributed by atoms with van der Waals surface area (Å²) in [6.45, 7) is 1.01. The summed E-state index contributed by atoms with van der Waals surface area (Å²) in [6.07, 6.45) is 4.77. The molecule has 1 aromatic rings. The molecule has 1 fully saturated rings. The minimum Gasteiger partial charge on any atom is -0.454 e. The molecule has 0 aromatic heterocycles. The highest BCUT2D eigenvalue weighted by Gasteiger charge is 2.17. The molecule has 25 heavy (non-hydrogen) atoms. The fraction of sp³-hybridized carbons (Fsp3) is 0.556. The number of hydrogen-bond acceptors (Lipinski definition) is 4. The molecule has 2 N–H and O–H groups in total. The van der Waals surface area contributed by atoms with Crippen LogP contribution in [-0.2, 0) is 11.3 Å². The van der Waals surface area contributed by atoms with Crippen LogP contribution in [0, 0.1) is 0 Å². The summed E-state index contributed by atoms with van der Waals surface area (Å²) >= 11 is 0. The number of likely N-dealkylation sites (N-methyl/N-ethyl adjacent to an activating group) is 1. The Hall–Kier alpha value is -2.44. The molecule has 0 radical (unpaired) electrons. The van der Waals surface area contributed by atoms with Gasteiger partial charge in [-0.2, -0.15) is 0 Å². The molecule has 136 valence electrons. The molecule has 1 heterocycles. The van der Waals surface area contributed by atoms with Gasteiger partial charge in [-0.25, -0.2) is 4.99 Å². The van der Waals surface area contributed by atoms with E-state index in [1.165, 1.54) is 12.8 Å². The first-order chi connectivity index (χ1) is 12.1. The second-order valence-corrected chi connectivity index (χ2v) is 6.62. The van der Waals surface area contributed by atoms with Gasteiger partial charge in [0.2, 0.25) is 12.7 Å². The molecule has 3 rings (SSSR count). The predicted molar refractivity (Wildman–Crippen MR) is 95.8 cm³/mol. The van der Waals surface area contributed by atoms with E-state index >= 15 is 0 Å². The van der Waals surface area contributed by atoms with Gasteiger partial charge < -0.3 is 25.0 Å². The summed E-state index contributed by atoms with van der Waals surface area (Å²) in [7, 11) is 3.50. The van der Waals surface area contributed by atoms with Gasteiger partial charge in [0.05, 0.1) is 13.1 Å². The lowest BCUT2D eigenvalue weighted by molar-refractivity contribution is -0.127. The number of hydrogen-bond donors (Lipinski definition) is 2. The minimum atomic E-state index is 0.0176. The van der Waals surface area contributed by atoms with Crippen LogP contribution in [0.15, 0.2) is 23.2 Å². The van der Waals surface area contributed by atoms with E-state index < -0.39 is 0 Å². The van der Waals surface area contributed by atoms with Crippen LogP contribution >= 0.6 is 0 Å². The van der Waals surface area contributed by atoms with Crippen molar-refractivity contribution in [1.29, 1.82) is 0 Å². The molecule has 1 saturated carbocycles. The van der Waals surface area contributed by atoms with Gasteiger partial charge in [0, 0.05) is 20.1 Å². The van der Waals surface area contributed by atoms with E-state index in [-0.39, 0.29) is 19.2 Å². The first-order valence-corrected chi connectivity index (χ1v) is 8.75. The minimum absolute atomic E-state index is 0.0176. The van der Waals surface area contributed by atoms with Crippen LogP contribution in [0.1, 0.15) is 31.2 Å². The molecular weight excluding hydrogens is 320 g/mol. The quantitative estimate of drug-likeness (QED) is 0.624. The maximum absolute atomic E-state index is 11.8. The van der Waals surface area contributed by atoms with Gasteiger partial charge in [0.1, 0.15) is 0 Å². The van der Waals surface area contributed by atoms with E-state index in [1.54, 1.807) is 19.0 Å². The van der Waals surface area contributed by atoms with Crippen molar-refractivity contribution in [3.05, 3.63) is 23.8 Å². The van der Waals surface area contributed by atoms with Gasteiger partial charge in [-0.1, -0.05) is 18.9 Å². The van der Waals surface area contributed by atoms with Gasteiger partial charge in [-0.3, -0.25) is 4.79 Å². The van der Waals surface area contributed by atoms with E-state index in [0.717, 1.165) is 29.9 Å². The van der Waals surface area contributed by atoms with Gasteiger partial charge in [-0.15, -0.1) is 0 Å². The van der Waals surface area contributed by atoms with E-state index in [2.05, 4.69) is 15.6 Å². The maximum Gasteiger partial charge on any atom is 0.241 e. The molecule has 0 bridgehead atoms. The Morgan fingerprint density at radius 3 is 2.76 bits per heavy atom. The van der Waals surface area contributed by atoms with Crippen LogP contribution in [0.5, 0.6) is 11.5 Å². The van der Waals surface area contributed by atoms with Crippen molar-refractivity contribution in [2.45, 2.75) is 38.3 Å². The zero-order chi connectivity index (χ0) is 17.6. The number of ether oxygens (including phenoxy) is 2. The number of carbonyl (C=O) groups excluding carboxylic acids is 1. The van der Waals surface area contributed by atoms with Gasteiger partial charge in [-0.05, 0) is 30.5 Å². The maximum atomic E-state index is 11.8. The monoisotopic (exact) mass is 346 g/mol. The molecule has 0 atom stereocenters. The van der Waals surface area contributed by atoms with Crippen molar-refractivity contribution in [2.24, 2.45) is 4.99 Å². The Morgan fingerprint density at radius 1 is 1.24 bits per heavy atom. The number of benzene rings is 1. The molecule has 7 nitrogen and oxygen atoms in total. The summed E-state index contributed by atoms with van der Waals surface area (Å²) in [5.41, 5.74) is 1.04. The lowest BCUT2D eigenvalue weighted by Crippen LogP contribution is -2.46. The number of nitrogens with one attached hydrogen (secondary N) is 2. The number of rotatable bonds is 5. The van der Waals surface area contributed by atoms with Crippen molar-refractivity contribution >= 4 is 11.9 Å². The van der Waals surface area contributed by atoms with Crippen molar-refractivity contribution in [3.63, 3.8) is 0 Å². The van der Waals surface area contributed by atoms with Crippen LogP contribution < -0.4 is 20.1 Å². The molecule has 1 amide bonds. The molecular formula is C18H26N4O3. The highest BCUT2D eigenvalue weighted by Crippen LogP contribution is 2.32. The average Bonchev–Trinajstić information content (AvgIpc) is 3.27. The van der Waals surface area contributed by atoms with Crippen LogP contribution in [0.3, 0.4) is 0 Å². The van der Waals surface area contributed by atoms with Gasteiger partial charge in [0.25, 0.3) is 0 Å². The molecule has 0 saturated heterocycles. The first-order valence-electron chi connectivity index (χ1n) is 8.75. The lowest BCUT2D eigenvalue weighted by Gasteiger charge is -2.18. The number of guanidine groups is 1. The largest absolute Gasteiger partial charge is 0.454 e. The summed E-state index contributed by atoms with van der Waals surface area (Å²) in [5.74, 6) is 2.23. The number of amides is 1. The Bertz CT molecular complexity index is 639. The highest BCUT2D eigenvalue weighted by molar-refractivity contribution is 5.86. The standard InChI is InChI=1S/C18H26N4O3/c1-22(2)17(23)11-20-18(21-14-5-3-4-6-14)19-10-13-7-8-15-16(9-13)25-12-24-15/h7-9,14H,3-6,10-12H2,1-2H3,(H2,19,20,21). The summed E-state index contributed by atoms with van der Waals surface area (Å²) < 4.78 is 10.7. The third-order valence-corrected chi connectivity index (χ3v) is 4.46. The summed E-state index contributed by atoms with van der Waals surface area (Å²) in [6, 6.07) is 6.26. The van der Waals surface area contributed by atoms with Crippen molar-refractivity contribution in [3.8, 4) is 11.5 Å². The average molecular weight is 346 g/mol. The van der Waals surface area contributed by atoms with Crippen molar-refractivity contribution in [1.82, 2.24) is 15.5 Å². The Morgan fingerprint density at radius 2 is 2.00 bits per heavy atom. The smallest absolute Gasteiger partial charge is 0.241 e. The van der Waals surface area contributed by atoms with Gasteiger partial charge in [0.15, 0.2) is 17.5 Å². The van der Waals surface area contributed by atoms with Crippen molar-refractivity contribution < 1.29 is 14.3 Å². The lowest BCUT2D eigenvalue weighted by atomic mass is 10.2. The normalized spacial score (nSPS) is 16.8. The van der Waals surface area contributed by atoms with Crippen LogP contribution in [0.25, 0.3) is 0 Å². The summed E-state index contributed by atoms with van der Waals surface area (Å²) in [5, 5.41) is 6.59. The first kappa shape index (κ1) is 17.4. The molecule has 7 heteroatoms. The number of fused-ring (bicyclic) bond motifs is 1. The molecule has 0 unspecified atom stereocenters. The predicted octanol–water partition coefficient (Wildman–Crippen LogP) is 1.48. The Kier molecular flexibility index (Phi) is 5.63. The fourth-order valence-electron chi connectivity index (χ4n) is 2.94. The third-order valence-electron chi connectivity index (χ3n) is 4.46. The topological polar surface area (TPSA) is 75.2 Å². The van der Waals surface area contributed by atoms with E-state index in [0.29, 0.717) is 18.5 Å². The SMILES string of the molecule is CN(C)C(=O)CNC(=NCc1ccc2c(c1)OCO2)NC1CCCC1. The zero-order valence-electron chi connectivity index (χ0n) is 14.9. The summed E-state index contributed by atoms with van der Waals surface area (Å²) in [4.78, 5) is 18.0.